The van der Waals surface area contributed by atoms with Crippen LogP contribution in [0.3, 0.4) is 0 Å². The van der Waals surface area contributed by atoms with Crippen molar-refractivity contribution in [2.75, 3.05) is 67.6 Å². The van der Waals surface area contributed by atoms with E-state index in [1.165, 1.54) is 5.69 Å². The molecule has 34 heavy (non-hydrogen) atoms. The molecule has 3 heterocycles. The number of fused-ring (bicyclic) bond motifs is 3. The molecule has 0 saturated carbocycles. The standard InChI is InChI=1S/C27H35N5O2/c1-29-25-20-21(11-12-23(25)32-15-6-5-10-24(32)27(29)34)26(33)28-13-7-14-30-16-18-31(19-17-30)22-8-3-2-4-9-22/h2-4,8-9,11-12,20,24H,5-7,10,13-19H2,1H3,(H,28,33). The minimum absolute atomic E-state index is 0.0551. The summed E-state index contributed by atoms with van der Waals surface area (Å²) in [6, 6.07) is 16.3. The molecule has 3 aliphatic rings. The van der Waals surface area contributed by atoms with Crippen LogP contribution in [0.4, 0.5) is 17.1 Å². The van der Waals surface area contributed by atoms with Crippen molar-refractivity contribution in [1.82, 2.24) is 10.2 Å². The van der Waals surface area contributed by atoms with Crippen LogP contribution < -0.4 is 20.0 Å². The molecule has 180 valence electrons. The Kier molecular flexibility index (Phi) is 6.72. The van der Waals surface area contributed by atoms with E-state index >= 15 is 0 Å². The predicted molar refractivity (Wildman–Crippen MR) is 137 cm³/mol. The van der Waals surface area contributed by atoms with E-state index < -0.39 is 0 Å². The van der Waals surface area contributed by atoms with E-state index in [2.05, 4.69) is 50.3 Å². The topological polar surface area (TPSA) is 59.1 Å². The predicted octanol–water partition coefficient (Wildman–Crippen LogP) is 2.96. The summed E-state index contributed by atoms with van der Waals surface area (Å²) in [5, 5.41) is 3.07. The number of para-hydroxylation sites is 1. The average Bonchev–Trinajstić information content (AvgIpc) is 2.90. The van der Waals surface area contributed by atoms with Crippen LogP contribution in [0.25, 0.3) is 0 Å². The number of nitrogens with one attached hydrogen (secondary N) is 1. The molecule has 0 bridgehead atoms. The van der Waals surface area contributed by atoms with Crippen molar-refractivity contribution >= 4 is 28.9 Å². The fourth-order valence-electron chi connectivity index (χ4n) is 5.47. The van der Waals surface area contributed by atoms with Gasteiger partial charge < -0.3 is 20.0 Å². The third-order valence-electron chi connectivity index (χ3n) is 7.46. The maximum absolute atomic E-state index is 12.8. The molecular weight excluding hydrogens is 426 g/mol. The highest BCUT2D eigenvalue weighted by molar-refractivity contribution is 6.07. The number of carbonyl (C=O) groups is 2. The first-order valence-electron chi connectivity index (χ1n) is 12.6. The van der Waals surface area contributed by atoms with Gasteiger partial charge in [0.25, 0.3) is 5.91 Å². The Labute approximate surface area is 202 Å². The third kappa shape index (κ3) is 4.62. The number of likely N-dealkylation sites (N-methyl/N-ethyl adjacent to an activating group) is 1. The Morgan fingerprint density at radius 2 is 1.76 bits per heavy atom. The summed E-state index contributed by atoms with van der Waals surface area (Å²) in [6.45, 7) is 6.71. The number of amides is 2. The van der Waals surface area contributed by atoms with Gasteiger partial charge >= 0.3 is 0 Å². The van der Waals surface area contributed by atoms with Crippen molar-refractivity contribution < 1.29 is 9.59 Å². The van der Waals surface area contributed by atoms with Gasteiger partial charge in [0, 0.05) is 57.6 Å². The van der Waals surface area contributed by atoms with Gasteiger partial charge in [0.05, 0.1) is 11.4 Å². The number of hydrogen-bond acceptors (Lipinski definition) is 5. The van der Waals surface area contributed by atoms with Crippen molar-refractivity contribution in [2.24, 2.45) is 0 Å². The van der Waals surface area contributed by atoms with Gasteiger partial charge in [-0.15, -0.1) is 0 Å². The molecule has 0 spiro atoms. The van der Waals surface area contributed by atoms with E-state index in [1.807, 2.05) is 25.2 Å². The SMILES string of the molecule is CN1C(=O)C2CCCCN2c2ccc(C(=O)NCCCN3CCN(c4ccccc4)CC3)cc21. The maximum atomic E-state index is 12.8. The highest BCUT2D eigenvalue weighted by Gasteiger charge is 2.38. The van der Waals surface area contributed by atoms with Crippen molar-refractivity contribution in [3.8, 4) is 0 Å². The Bertz CT molecular complexity index is 1020. The molecule has 2 amide bonds. The smallest absolute Gasteiger partial charge is 0.251 e. The summed E-state index contributed by atoms with van der Waals surface area (Å²) in [6.07, 6.45) is 4.04. The molecule has 2 aromatic carbocycles. The van der Waals surface area contributed by atoms with Gasteiger partial charge in [-0.1, -0.05) is 18.2 Å². The van der Waals surface area contributed by atoms with Crippen molar-refractivity contribution in [2.45, 2.75) is 31.7 Å². The highest BCUT2D eigenvalue weighted by Crippen LogP contribution is 2.39. The van der Waals surface area contributed by atoms with Gasteiger partial charge in [0.1, 0.15) is 6.04 Å². The number of piperazine rings is 1. The largest absolute Gasteiger partial charge is 0.369 e. The zero-order valence-corrected chi connectivity index (χ0v) is 20.1. The maximum Gasteiger partial charge on any atom is 0.251 e. The van der Waals surface area contributed by atoms with Gasteiger partial charge in [-0.05, 0) is 62.6 Å². The number of benzene rings is 2. The van der Waals surface area contributed by atoms with E-state index in [4.69, 9.17) is 0 Å². The molecule has 1 atom stereocenters. The molecule has 0 radical (unpaired) electrons. The molecular formula is C27H35N5O2. The Morgan fingerprint density at radius 3 is 2.56 bits per heavy atom. The van der Waals surface area contributed by atoms with Crippen LogP contribution in [0.15, 0.2) is 48.5 Å². The Morgan fingerprint density at radius 1 is 0.971 bits per heavy atom. The lowest BCUT2D eigenvalue weighted by molar-refractivity contribution is -0.120. The number of nitrogens with zero attached hydrogens (tertiary/aromatic N) is 4. The second-order valence-corrected chi connectivity index (χ2v) is 9.58. The summed E-state index contributed by atoms with van der Waals surface area (Å²) in [5.41, 5.74) is 3.82. The van der Waals surface area contributed by atoms with Crippen molar-refractivity contribution in [1.29, 1.82) is 0 Å². The van der Waals surface area contributed by atoms with E-state index in [-0.39, 0.29) is 17.9 Å². The van der Waals surface area contributed by atoms with Crippen molar-refractivity contribution in [3.63, 3.8) is 0 Å². The summed E-state index contributed by atoms with van der Waals surface area (Å²) >= 11 is 0. The first kappa shape index (κ1) is 22.7. The normalized spacial score (nSPS) is 20.7. The third-order valence-corrected chi connectivity index (χ3v) is 7.46. The van der Waals surface area contributed by atoms with Crippen LogP contribution in [0.2, 0.25) is 0 Å². The quantitative estimate of drug-likeness (QED) is 0.671. The molecule has 7 heteroatoms. The van der Waals surface area contributed by atoms with Crippen molar-refractivity contribution in [3.05, 3.63) is 54.1 Å². The number of hydrogen-bond donors (Lipinski definition) is 1. The molecule has 2 saturated heterocycles. The van der Waals surface area contributed by atoms with E-state index in [0.717, 1.165) is 76.3 Å². The second-order valence-electron chi connectivity index (χ2n) is 9.58. The van der Waals surface area contributed by atoms with Gasteiger partial charge in [-0.25, -0.2) is 0 Å². The summed E-state index contributed by atoms with van der Waals surface area (Å²) in [7, 11) is 1.83. The van der Waals surface area contributed by atoms with Crippen LogP contribution in [-0.2, 0) is 4.79 Å². The molecule has 1 unspecified atom stereocenters. The first-order valence-corrected chi connectivity index (χ1v) is 12.6. The molecule has 0 aromatic heterocycles. The van der Waals surface area contributed by atoms with E-state index in [9.17, 15) is 9.59 Å². The lowest BCUT2D eigenvalue weighted by Gasteiger charge is -2.44. The van der Waals surface area contributed by atoms with Crippen LogP contribution in [0.5, 0.6) is 0 Å². The number of rotatable bonds is 6. The van der Waals surface area contributed by atoms with Crippen LogP contribution >= 0.6 is 0 Å². The number of anilines is 3. The first-order chi connectivity index (χ1) is 16.6. The average molecular weight is 462 g/mol. The van der Waals surface area contributed by atoms with Gasteiger partial charge in [0.15, 0.2) is 0 Å². The fourth-order valence-corrected chi connectivity index (χ4v) is 5.47. The van der Waals surface area contributed by atoms with Gasteiger partial charge in [-0.3, -0.25) is 14.5 Å². The summed E-state index contributed by atoms with van der Waals surface area (Å²) < 4.78 is 0. The molecule has 0 aliphatic carbocycles. The molecule has 7 nitrogen and oxygen atoms in total. The monoisotopic (exact) mass is 461 g/mol. The molecule has 2 aromatic rings. The van der Waals surface area contributed by atoms with E-state index in [1.54, 1.807) is 4.90 Å². The van der Waals surface area contributed by atoms with Crippen LogP contribution in [-0.4, -0.2) is 75.6 Å². The van der Waals surface area contributed by atoms with Crippen LogP contribution in [0, 0.1) is 0 Å². The zero-order chi connectivity index (χ0) is 23.5. The van der Waals surface area contributed by atoms with E-state index in [0.29, 0.717) is 12.1 Å². The van der Waals surface area contributed by atoms with Gasteiger partial charge in [-0.2, -0.15) is 0 Å². The van der Waals surface area contributed by atoms with Crippen LogP contribution in [0.1, 0.15) is 36.0 Å². The van der Waals surface area contributed by atoms with Gasteiger partial charge in [0.2, 0.25) is 5.91 Å². The minimum atomic E-state index is -0.0710. The number of piperidine rings is 1. The Hall–Kier alpha value is -3.06. The molecule has 2 fully saturated rings. The molecule has 3 aliphatic heterocycles. The molecule has 5 rings (SSSR count). The number of carbonyl (C=O) groups excluding carboxylic acids is 2. The highest BCUT2D eigenvalue weighted by atomic mass is 16.2. The summed E-state index contributed by atoms with van der Waals surface area (Å²) in [5.74, 6) is 0.0652. The minimum Gasteiger partial charge on any atom is -0.369 e. The lowest BCUT2D eigenvalue weighted by Crippen LogP contribution is -2.54. The Balaban J connectivity index is 1.10. The second kappa shape index (κ2) is 10.1. The molecule has 1 N–H and O–H groups in total. The fraction of sp³-hybridized carbons (Fsp3) is 0.481. The lowest BCUT2D eigenvalue weighted by atomic mass is 9.96. The summed E-state index contributed by atoms with van der Waals surface area (Å²) in [4.78, 5) is 34.5. The zero-order valence-electron chi connectivity index (χ0n) is 20.1.